The summed E-state index contributed by atoms with van der Waals surface area (Å²) in [5.74, 6) is 0.556. The van der Waals surface area contributed by atoms with Gasteiger partial charge in [0.05, 0.1) is 23.7 Å². The normalized spacial score (nSPS) is 10.5. The summed E-state index contributed by atoms with van der Waals surface area (Å²) in [7, 11) is 1.61. The third kappa shape index (κ3) is 4.24. The zero-order chi connectivity index (χ0) is 19.4. The van der Waals surface area contributed by atoms with Crippen LogP contribution in [0.4, 0.5) is 5.69 Å². The van der Waals surface area contributed by atoms with Crippen LogP contribution in [0.2, 0.25) is 10.0 Å². The number of hydrogen-bond donors (Lipinski definition) is 0. The van der Waals surface area contributed by atoms with Crippen LogP contribution in [0.1, 0.15) is 21.5 Å². The van der Waals surface area contributed by atoms with E-state index in [1.807, 2.05) is 31.2 Å². The first-order valence-electron chi connectivity index (χ1n) is 8.30. The smallest absolute Gasteiger partial charge is 0.258 e. The van der Waals surface area contributed by atoms with Gasteiger partial charge in [-0.3, -0.25) is 9.78 Å². The van der Waals surface area contributed by atoms with Crippen molar-refractivity contribution in [1.29, 1.82) is 0 Å². The van der Waals surface area contributed by atoms with Gasteiger partial charge in [0, 0.05) is 29.2 Å². The summed E-state index contributed by atoms with van der Waals surface area (Å²) >= 11 is 12.2. The Morgan fingerprint density at radius 2 is 1.89 bits per heavy atom. The SMILES string of the molecule is COc1ccccc1CN(C(=O)c1ccncc1C)c1ccc(Cl)c(Cl)c1. The highest BCUT2D eigenvalue weighted by molar-refractivity contribution is 6.42. The summed E-state index contributed by atoms with van der Waals surface area (Å²) < 4.78 is 5.44. The van der Waals surface area contributed by atoms with Crippen molar-refractivity contribution in [2.75, 3.05) is 12.0 Å². The number of halogens is 2. The van der Waals surface area contributed by atoms with Crippen molar-refractivity contribution in [2.24, 2.45) is 0 Å². The monoisotopic (exact) mass is 400 g/mol. The number of nitrogens with zero attached hydrogens (tertiary/aromatic N) is 2. The van der Waals surface area contributed by atoms with Gasteiger partial charge < -0.3 is 9.64 Å². The lowest BCUT2D eigenvalue weighted by atomic mass is 10.1. The first-order valence-corrected chi connectivity index (χ1v) is 9.06. The number of benzene rings is 2. The highest BCUT2D eigenvalue weighted by atomic mass is 35.5. The van der Waals surface area contributed by atoms with E-state index in [9.17, 15) is 4.79 Å². The molecule has 0 aliphatic rings. The second kappa shape index (κ2) is 8.42. The lowest BCUT2D eigenvalue weighted by Crippen LogP contribution is -2.31. The molecule has 3 aromatic rings. The minimum Gasteiger partial charge on any atom is -0.496 e. The zero-order valence-corrected chi connectivity index (χ0v) is 16.5. The lowest BCUT2D eigenvalue weighted by Gasteiger charge is -2.25. The number of pyridine rings is 1. The molecule has 0 radical (unpaired) electrons. The molecule has 138 valence electrons. The Bertz CT molecular complexity index is 976. The number of hydrogen-bond acceptors (Lipinski definition) is 3. The van der Waals surface area contributed by atoms with Crippen molar-refractivity contribution >= 4 is 34.8 Å². The van der Waals surface area contributed by atoms with Gasteiger partial charge in [-0.15, -0.1) is 0 Å². The van der Waals surface area contributed by atoms with Crippen molar-refractivity contribution in [1.82, 2.24) is 4.98 Å². The molecule has 0 N–H and O–H groups in total. The van der Waals surface area contributed by atoms with E-state index in [-0.39, 0.29) is 5.91 Å². The molecule has 1 heterocycles. The molecule has 0 unspecified atom stereocenters. The molecule has 3 rings (SSSR count). The molecule has 0 saturated carbocycles. The molecule has 0 aliphatic heterocycles. The summed E-state index contributed by atoms with van der Waals surface area (Å²) in [6.45, 7) is 2.18. The molecule has 27 heavy (non-hydrogen) atoms. The lowest BCUT2D eigenvalue weighted by molar-refractivity contribution is 0.0984. The van der Waals surface area contributed by atoms with E-state index in [0.717, 1.165) is 11.1 Å². The van der Waals surface area contributed by atoms with Crippen LogP contribution in [0, 0.1) is 6.92 Å². The quantitative estimate of drug-likeness (QED) is 0.563. The van der Waals surface area contributed by atoms with Crippen LogP contribution in [-0.4, -0.2) is 18.0 Å². The van der Waals surface area contributed by atoms with Crippen LogP contribution in [-0.2, 0) is 6.54 Å². The van der Waals surface area contributed by atoms with E-state index in [1.165, 1.54) is 0 Å². The molecule has 0 aliphatic carbocycles. The Hall–Kier alpha value is -2.56. The average Bonchev–Trinajstić information content (AvgIpc) is 2.68. The molecule has 2 aromatic carbocycles. The predicted octanol–water partition coefficient (Wildman–Crippen LogP) is 5.55. The van der Waals surface area contributed by atoms with Gasteiger partial charge in [-0.1, -0.05) is 41.4 Å². The van der Waals surface area contributed by atoms with Crippen LogP contribution in [0.3, 0.4) is 0 Å². The van der Waals surface area contributed by atoms with E-state index < -0.39 is 0 Å². The Kier molecular flexibility index (Phi) is 5.99. The molecule has 1 amide bonds. The van der Waals surface area contributed by atoms with E-state index in [1.54, 1.807) is 48.7 Å². The molecule has 0 bridgehead atoms. The molecular weight excluding hydrogens is 383 g/mol. The minimum atomic E-state index is -0.154. The first kappa shape index (κ1) is 19.2. The summed E-state index contributed by atoms with van der Waals surface area (Å²) in [4.78, 5) is 19.1. The molecule has 0 spiro atoms. The number of para-hydroxylation sites is 1. The predicted molar refractivity (Wildman–Crippen MR) is 109 cm³/mol. The third-order valence-corrected chi connectivity index (χ3v) is 4.97. The van der Waals surface area contributed by atoms with Crippen LogP contribution in [0.15, 0.2) is 60.9 Å². The van der Waals surface area contributed by atoms with Crippen LogP contribution in [0.5, 0.6) is 5.75 Å². The van der Waals surface area contributed by atoms with Crippen molar-refractivity contribution in [3.05, 3.63) is 87.7 Å². The van der Waals surface area contributed by atoms with Gasteiger partial charge in [0.25, 0.3) is 5.91 Å². The molecule has 0 fully saturated rings. The summed E-state index contributed by atoms with van der Waals surface area (Å²) in [5.41, 5.74) is 2.90. The molecule has 0 saturated heterocycles. The summed E-state index contributed by atoms with van der Waals surface area (Å²) in [6, 6.07) is 14.4. The average molecular weight is 401 g/mol. The molecule has 4 nitrogen and oxygen atoms in total. The Morgan fingerprint density at radius 3 is 2.59 bits per heavy atom. The van der Waals surface area contributed by atoms with Gasteiger partial charge in [-0.2, -0.15) is 0 Å². The molecule has 0 atom stereocenters. The number of aryl methyl sites for hydroxylation is 1. The van der Waals surface area contributed by atoms with Gasteiger partial charge in [-0.25, -0.2) is 0 Å². The van der Waals surface area contributed by atoms with Gasteiger partial charge in [0.1, 0.15) is 5.75 Å². The van der Waals surface area contributed by atoms with Gasteiger partial charge in [0.2, 0.25) is 0 Å². The first-order chi connectivity index (χ1) is 13.0. The maximum atomic E-state index is 13.3. The number of amides is 1. The molecule has 6 heteroatoms. The third-order valence-electron chi connectivity index (χ3n) is 4.23. The largest absolute Gasteiger partial charge is 0.496 e. The van der Waals surface area contributed by atoms with Crippen molar-refractivity contribution < 1.29 is 9.53 Å². The minimum absolute atomic E-state index is 0.154. The Labute approximate surface area is 168 Å². The number of aromatic nitrogens is 1. The fraction of sp³-hybridized carbons (Fsp3) is 0.143. The van der Waals surface area contributed by atoms with Gasteiger partial charge in [-0.05, 0) is 42.8 Å². The van der Waals surface area contributed by atoms with Crippen LogP contribution in [0.25, 0.3) is 0 Å². The maximum Gasteiger partial charge on any atom is 0.258 e. The zero-order valence-electron chi connectivity index (χ0n) is 14.9. The van der Waals surface area contributed by atoms with Gasteiger partial charge >= 0.3 is 0 Å². The summed E-state index contributed by atoms with van der Waals surface area (Å²) in [5, 5.41) is 0.823. The highest BCUT2D eigenvalue weighted by Crippen LogP contribution is 2.30. The fourth-order valence-electron chi connectivity index (χ4n) is 2.80. The second-order valence-electron chi connectivity index (χ2n) is 5.99. The van der Waals surface area contributed by atoms with E-state index >= 15 is 0 Å². The van der Waals surface area contributed by atoms with Crippen molar-refractivity contribution in [2.45, 2.75) is 13.5 Å². The van der Waals surface area contributed by atoms with Crippen LogP contribution >= 0.6 is 23.2 Å². The highest BCUT2D eigenvalue weighted by Gasteiger charge is 2.22. The number of rotatable bonds is 5. The standard InChI is InChI=1S/C21H18Cl2N2O2/c1-14-12-24-10-9-17(14)21(26)25(16-7-8-18(22)19(23)11-16)13-15-5-3-4-6-20(15)27-2/h3-12H,13H2,1-2H3. The number of methoxy groups -OCH3 is 1. The van der Waals surface area contributed by atoms with Gasteiger partial charge in [0.15, 0.2) is 0 Å². The van der Waals surface area contributed by atoms with Crippen molar-refractivity contribution in [3.8, 4) is 5.75 Å². The molecular formula is C21H18Cl2N2O2. The fourth-order valence-corrected chi connectivity index (χ4v) is 3.09. The van der Waals surface area contributed by atoms with Crippen LogP contribution < -0.4 is 9.64 Å². The summed E-state index contributed by atoms with van der Waals surface area (Å²) in [6.07, 6.45) is 3.28. The van der Waals surface area contributed by atoms with E-state index in [2.05, 4.69) is 4.98 Å². The number of ether oxygens (including phenoxy) is 1. The topological polar surface area (TPSA) is 42.4 Å². The Morgan fingerprint density at radius 1 is 1.11 bits per heavy atom. The number of anilines is 1. The second-order valence-corrected chi connectivity index (χ2v) is 6.81. The number of carbonyl (C=O) groups is 1. The van der Waals surface area contributed by atoms with Crippen molar-refractivity contribution in [3.63, 3.8) is 0 Å². The number of carbonyl (C=O) groups excluding carboxylic acids is 1. The Balaban J connectivity index is 2.07. The van der Waals surface area contributed by atoms with E-state index in [4.69, 9.17) is 27.9 Å². The van der Waals surface area contributed by atoms with E-state index in [0.29, 0.717) is 33.6 Å². The maximum absolute atomic E-state index is 13.3. The molecule has 1 aromatic heterocycles.